The second-order valence-corrected chi connectivity index (χ2v) is 9.35. The number of hydroxylamine groups is 1. The summed E-state index contributed by atoms with van der Waals surface area (Å²) in [5.74, 6) is -0.0218. The Morgan fingerprint density at radius 3 is 2.69 bits per heavy atom. The van der Waals surface area contributed by atoms with Gasteiger partial charge in [-0.05, 0) is 69.1 Å². The molecule has 8 heteroatoms. The van der Waals surface area contributed by atoms with Gasteiger partial charge in [-0.1, -0.05) is 25.1 Å². The number of amides is 2. The van der Waals surface area contributed by atoms with Gasteiger partial charge >= 0.3 is 0 Å². The minimum atomic E-state index is -0.434. The summed E-state index contributed by atoms with van der Waals surface area (Å²) in [6, 6.07) is 17.1. The van der Waals surface area contributed by atoms with Crippen LogP contribution in [-0.4, -0.2) is 46.2 Å². The summed E-state index contributed by atoms with van der Waals surface area (Å²) < 4.78 is 6.03. The number of hydrogen-bond donors (Lipinski definition) is 3. The number of hydrogen-bond acceptors (Lipinski definition) is 6. The van der Waals surface area contributed by atoms with Crippen molar-refractivity contribution in [3.8, 4) is 5.75 Å². The van der Waals surface area contributed by atoms with E-state index in [1.165, 1.54) is 0 Å². The smallest absolute Gasteiger partial charge is 0.252 e. The molecule has 0 radical (unpaired) electrons. The normalized spacial score (nSPS) is 18.1. The van der Waals surface area contributed by atoms with E-state index < -0.39 is 5.91 Å². The summed E-state index contributed by atoms with van der Waals surface area (Å²) in [7, 11) is 0. The van der Waals surface area contributed by atoms with Gasteiger partial charge in [0.1, 0.15) is 12.4 Å². The third kappa shape index (κ3) is 6.19. The summed E-state index contributed by atoms with van der Waals surface area (Å²) in [5.41, 5.74) is 5.19. The van der Waals surface area contributed by atoms with Crippen molar-refractivity contribution >= 4 is 22.7 Å². The number of benzene rings is 2. The van der Waals surface area contributed by atoms with Gasteiger partial charge < -0.3 is 10.1 Å². The molecule has 1 fully saturated rings. The van der Waals surface area contributed by atoms with E-state index in [2.05, 4.69) is 22.1 Å². The summed E-state index contributed by atoms with van der Waals surface area (Å²) in [6.07, 6.45) is 2.62. The molecule has 190 valence electrons. The van der Waals surface area contributed by atoms with Crippen molar-refractivity contribution in [2.75, 3.05) is 13.1 Å². The van der Waals surface area contributed by atoms with Gasteiger partial charge in [0.15, 0.2) is 0 Å². The van der Waals surface area contributed by atoms with E-state index in [0.717, 1.165) is 54.5 Å². The van der Waals surface area contributed by atoms with Gasteiger partial charge in [-0.15, -0.1) is 0 Å². The number of nitrogens with zero attached hydrogens (tertiary/aromatic N) is 2. The fourth-order valence-electron chi connectivity index (χ4n) is 4.99. The number of fused-ring (bicyclic) bond motifs is 1. The standard InChI is InChI=1S/C28H34N4O4/c1-3-14-32-15-6-7-21(17-26(33)31-35)27(32)30-28(34)20-10-12-23(13-11-20)36-18-22-16-19(2)29-25-9-5-4-8-24(22)25/h4-5,8-13,16,21,27,35H,3,6-7,14-15,17-18H2,1-2H3,(H,30,34)(H,31,33)/t21-,27?/m1/s1. The summed E-state index contributed by atoms with van der Waals surface area (Å²) >= 11 is 0. The van der Waals surface area contributed by atoms with E-state index in [1.807, 2.05) is 37.3 Å². The number of likely N-dealkylation sites (tertiary alicyclic amines) is 1. The van der Waals surface area contributed by atoms with Crippen LogP contribution in [0.4, 0.5) is 0 Å². The highest BCUT2D eigenvalue weighted by Crippen LogP contribution is 2.26. The molecular weight excluding hydrogens is 456 g/mol. The lowest BCUT2D eigenvalue weighted by Gasteiger charge is -2.41. The number of rotatable bonds is 9. The lowest BCUT2D eigenvalue weighted by molar-refractivity contribution is -0.131. The van der Waals surface area contributed by atoms with E-state index in [-0.39, 0.29) is 24.4 Å². The molecule has 1 aliphatic heterocycles. The molecule has 0 bridgehead atoms. The molecule has 4 rings (SSSR count). The quantitative estimate of drug-likeness (QED) is 0.307. The Morgan fingerprint density at radius 2 is 1.94 bits per heavy atom. The first-order valence-electron chi connectivity index (χ1n) is 12.5. The average Bonchev–Trinajstić information content (AvgIpc) is 2.89. The minimum Gasteiger partial charge on any atom is -0.489 e. The van der Waals surface area contributed by atoms with E-state index >= 15 is 0 Å². The van der Waals surface area contributed by atoms with E-state index in [1.54, 1.807) is 29.7 Å². The molecule has 2 heterocycles. The second-order valence-electron chi connectivity index (χ2n) is 9.35. The van der Waals surface area contributed by atoms with Gasteiger partial charge in [0.2, 0.25) is 5.91 Å². The first kappa shape index (κ1) is 25.6. The fraction of sp³-hybridized carbons (Fsp3) is 0.393. The first-order chi connectivity index (χ1) is 17.5. The van der Waals surface area contributed by atoms with Gasteiger partial charge in [0.25, 0.3) is 5.91 Å². The maximum atomic E-state index is 13.1. The maximum Gasteiger partial charge on any atom is 0.252 e. The highest BCUT2D eigenvalue weighted by molar-refractivity contribution is 5.94. The van der Waals surface area contributed by atoms with Crippen LogP contribution in [0.5, 0.6) is 5.75 Å². The van der Waals surface area contributed by atoms with E-state index in [4.69, 9.17) is 9.94 Å². The minimum absolute atomic E-state index is 0.0670. The van der Waals surface area contributed by atoms with Crippen LogP contribution in [-0.2, 0) is 11.4 Å². The highest BCUT2D eigenvalue weighted by Gasteiger charge is 2.33. The van der Waals surface area contributed by atoms with Crippen LogP contribution < -0.4 is 15.5 Å². The first-order valence-corrected chi connectivity index (χ1v) is 12.5. The molecule has 1 aliphatic rings. The Labute approximate surface area is 211 Å². The maximum absolute atomic E-state index is 13.1. The predicted octanol–water partition coefficient (Wildman–Crippen LogP) is 4.20. The van der Waals surface area contributed by atoms with Crippen LogP contribution in [0.2, 0.25) is 0 Å². The molecule has 2 amide bonds. The lowest BCUT2D eigenvalue weighted by Crippen LogP contribution is -2.56. The number of nitrogens with one attached hydrogen (secondary N) is 2. The van der Waals surface area contributed by atoms with Crippen molar-refractivity contribution < 1.29 is 19.5 Å². The van der Waals surface area contributed by atoms with Crippen molar-refractivity contribution in [3.05, 3.63) is 71.4 Å². The molecule has 0 spiro atoms. The van der Waals surface area contributed by atoms with Crippen LogP contribution >= 0.6 is 0 Å². The van der Waals surface area contributed by atoms with Crippen LogP contribution in [0.15, 0.2) is 54.6 Å². The Balaban J connectivity index is 1.42. The molecule has 36 heavy (non-hydrogen) atoms. The number of piperidine rings is 1. The zero-order valence-corrected chi connectivity index (χ0v) is 20.9. The van der Waals surface area contributed by atoms with Crippen molar-refractivity contribution in [3.63, 3.8) is 0 Å². The number of aryl methyl sites for hydroxylation is 1. The number of carbonyl (C=O) groups is 2. The number of pyridine rings is 1. The SMILES string of the molecule is CCCN1CCC[C@H](CC(=O)NO)C1NC(=O)c1ccc(OCc2cc(C)nc3ccccc23)cc1. The largest absolute Gasteiger partial charge is 0.489 e. The van der Waals surface area contributed by atoms with E-state index in [0.29, 0.717) is 17.9 Å². The van der Waals surface area contributed by atoms with Crippen molar-refractivity contribution in [2.24, 2.45) is 5.92 Å². The van der Waals surface area contributed by atoms with Crippen LogP contribution in [0.25, 0.3) is 10.9 Å². The average molecular weight is 491 g/mol. The predicted molar refractivity (Wildman–Crippen MR) is 138 cm³/mol. The molecule has 1 unspecified atom stereocenters. The number of ether oxygens (including phenoxy) is 1. The summed E-state index contributed by atoms with van der Waals surface area (Å²) in [5, 5.41) is 13.2. The number of carbonyl (C=O) groups excluding carboxylic acids is 2. The van der Waals surface area contributed by atoms with Crippen molar-refractivity contribution in [1.82, 2.24) is 20.7 Å². The third-order valence-corrected chi connectivity index (χ3v) is 6.66. The van der Waals surface area contributed by atoms with Gasteiger partial charge in [0, 0.05) is 41.1 Å². The molecule has 8 nitrogen and oxygen atoms in total. The van der Waals surface area contributed by atoms with Crippen molar-refractivity contribution in [1.29, 1.82) is 0 Å². The van der Waals surface area contributed by atoms with Crippen LogP contribution in [0.3, 0.4) is 0 Å². The molecule has 1 aromatic heterocycles. The zero-order chi connectivity index (χ0) is 25.5. The Kier molecular flexibility index (Phi) is 8.51. The Morgan fingerprint density at radius 1 is 1.17 bits per heavy atom. The van der Waals surface area contributed by atoms with Crippen molar-refractivity contribution in [2.45, 2.75) is 52.3 Å². The molecular formula is C28H34N4O4. The summed E-state index contributed by atoms with van der Waals surface area (Å²) in [6.45, 7) is 6.16. The fourth-order valence-corrected chi connectivity index (χ4v) is 4.99. The lowest BCUT2D eigenvalue weighted by atomic mass is 9.90. The zero-order valence-electron chi connectivity index (χ0n) is 20.9. The highest BCUT2D eigenvalue weighted by atomic mass is 16.5. The number of para-hydroxylation sites is 1. The molecule has 2 aromatic carbocycles. The second kappa shape index (κ2) is 12.0. The monoisotopic (exact) mass is 490 g/mol. The molecule has 0 aliphatic carbocycles. The van der Waals surface area contributed by atoms with E-state index in [9.17, 15) is 9.59 Å². The van der Waals surface area contributed by atoms with Gasteiger partial charge in [-0.25, -0.2) is 5.48 Å². The Bertz CT molecular complexity index is 1200. The van der Waals surface area contributed by atoms with Crippen LogP contribution in [0.1, 0.15) is 54.2 Å². The molecule has 3 N–H and O–H groups in total. The molecule has 0 saturated carbocycles. The molecule has 2 atom stereocenters. The number of aromatic nitrogens is 1. The molecule has 1 saturated heterocycles. The molecule has 3 aromatic rings. The van der Waals surface area contributed by atoms with Crippen LogP contribution in [0, 0.1) is 12.8 Å². The topological polar surface area (TPSA) is 104 Å². The van der Waals surface area contributed by atoms with Gasteiger partial charge in [0.05, 0.1) is 11.7 Å². The third-order valence-electron chi connectivity index (χ3n) is 6.66. The summed E-state index contributed by atoms with van der Waals surface area (Å²) in [4.78, 5) is 31.7. The van der Waals surface area contributed by atoms with Gasteiger partial charge in [-0.2, -0.15) is 0 Å². The Hall–Kier alpha value is -3.49. The van der Waals surface area contributed by atoms with Gasteiger partial charge in [-0.3, -0.25) is 24.7 Å².